The summed E-state index contributed by atoms with van der Waals surface area (Å²) in [6.45, 7) is 0.473. The van der Waals surface area contributed by atoms with Crippen LogP contribution >= 0.6 is 23.2 Å². The Kier molecular flexibility index (Phi) is 3.51. The Morgan fingerprint density at radius 2 is 1.75 bits per heavy atom. The largest absolute Gasteiger partial charge is 0.311 e. The monoisotopic (exact) mass is 303 g/mol. The lowest BCUT2D eigenvalue weighted by Gasteiger charge is -2.08. The summed E-state index contributed by atoms with van der Waals surface area (Å²) in [5.74, 6) is 0. The molecule has 0 aliphatic carbocycles. The molecule has 0 atom stereocenters. The second-order valence-corrected chi connectivity index (χ2v) is 5.40. The third-order valence-electron chi connectivity index (χ3n) is 3.22. The van der Waals surface area contributed by atoms with Crippen LogP contribution in [-0.2, 0) is 6.54 Å². The molecule has 3 aromatic rings. The molecule has 0 bridgehead atoms. The summed E-state index contributed by atoms with van der Waals surface area (Å²) in [6, 6.07) is 14.9. The maximum atomic E-state index is 12.4. The van der Waals surface area contributed by atoms with Crippen molar-refractivity contribution in [2.24, 2.45) is 0 Å². The van der Waals surface area contributed by atoms with Gasteiger partial charge in [0.25, 0.3) is 5.56 Å². The van der Waals surface area contributed by atoms with Crippen LogP contribution in [0.15, 0.2) is 59.5 Å². The molecule has 4 heteroatoms. The second kappa shape index (κ2) is 5.31. The molecule has 0 radical (unpaired) electrons. The van der Waals surface area contributed by atoms with Gasteiger partial charge in [-0.15, -0.1) is 0 Å². The van der Waals surface area contributed by atoms with Crippen LogP contribution in [0.5, 0.6) is 0 Å². The van der Waals surface area contributed by atoms with E-state index in [-0.39, 0.29) is 5.56 Å². The topological polar surface area (TPSA) is 22.0 Å². The van der Waals surface area contributed by atoms with E-state index in [0.717, 1.165) is 16.3 Å². The van der Waals surface area contributed by atoms with E-state index in [1.54, 1.807) is 22.9 Å². The average molecular weight is 304 g/mol. The molecule has 0 aliphatic heterocycles. The number of hydrogen-bond acceptors (Lipinski definition) is 1. The van der Waals surface area contributed by atoms with Gasteiger partial charge in [-0.2, -0.15) is 0 Å². The van der Waals surface area contributed by atoms with Gasteiger partial charge in [-0.1, -0.05) is 47.5 Å². The first-order valence-corrected chi connectivity index (χ1v) is 6.93. The molecule has 0 N–H and O–H groups in total. The molecule has 2 aromatic carbocycles. The van der Waals surface area contributed by atoms with Gasteiger partial charge in [-0.05, 0) is 35.2 Å². The molecular weight excluding hydrogens is 293 g/mol. The van der Waals surface area contributed by atoms with Gasteiger partial charge in [-0.3, -0.25) is 4.79 Å². The van der Waals surface area contributed by atoms with E-state index in [1.807, 2.05) is 36.4 Å². The van der Waals surface area contributed by atoms with Crippen molar-refractivity contribution in [2.75, 3.05) is 0 Å². The van der Waals surface area contributed by atoms with E-state index < -0.39 is 0 Å². The van der Waals surface area contributed by atoms with Gasteiger partial charge >= 0.3 is 0 Å². The van der Waals surface area contributed by atoms with Crippen molar-refractivity contribution >= 4 is 34.0 Å². The molecule has 0 spiro atoms. The van der Waals surface area contributed by atoms with E-state index in [9.17, 15) is 4.79 Å². The Bertz CT molecular complexity index is 839. The SMILES string of the molecule is O=c1c2ccccc2ccn1Cc1ccc(Cl)c(Cl)c1. The van der Waals surface area contributed by atoms with E-state index >= 15 is 0 Å². The Labute approximate surface area is 126 Å². The predicted molar refractivity (Wildman–Crippen MR) is 83.8 cm³/mol. The zero-order valence-corrected chi connectivity index (χ0v) is 12.0. The number of nitrogens with zero attached hydrogens (tertiary/aromatic N) is 1. The molecule has 3 rings (SSSR count). The summed E-state index contributed by atoms with van der Waals surface area (Å²) < 4.78 is 1.67. The van der Waals surface area contributed by atoms with Crippen molar-refractivity contribution in [2.45, 2.75) is 6.54 Å². The number of aromatic nitrogens is 1. The molecule has 1 aromatic heterocycles. The van der Waals surface area contributed by atoms with Crippen molar-refractivity contribution in [1.82, 2.24) is 4.57 Å². The minimum atomic E-state index is -0.00540. The first-order chi connectivity index (χ1) is 9.65. The summed E-state index contributed by atoms with van der Waals surface area (Å²) in [7, 11) is 0. The highest BCUT2D eigenvalue weighted by Gasteiger charge is 2.04. The fraction of sp³-hybridized carbons (Fsp3) is 0.0625. The zero-order chi connectivity index (χ0) is 14.1. The molecule has 0 aliphatic rings. The summed E-state index contributed by atoms with van der Waals surface area (Å²) in [5.41, 5.74) is 0.936. The van der Waals surface area contributed by atoms with Gasteiger partial charge in [0.05, 0.1) is 16.6 Å². The van der Waals surface area contributed by atoms with Crippen LogP contribution in [-0.4, -0.2) is 4.57 Å². The fourth-order valence-electron chi connectivity index (χ4n) is 2.19. The third-order valence-corrected chi connectivity index (χ3v) is 3.96. The minimum Gasteiger partial charge on any atom is -0.311 e. The van der Waals surface area contributed by atoms with Crippen LogP contribution < -0.4 is 5.56 Å². The molecule has 0 saturated carbocycles. The molecule has 1 heterocycles. The van der Waals surface area contributed by atoms with Gasteiger partial charge in [0.1, 0.15) is 0 Å². The third kappa shape index (κ3) is 2.45. The average Bonchev–Trinajstić information content (AvgIpc) is 2.46. The Balaban J connectivity index is 2.04. The summed E-state index contributed by atoms with van der Waals surface area (Å²) in [5, 5.41) is 2.68. The molecule has 20 heavy (non-hydrogen) atoms. The molecule has 0 unspecified atom stereocenters. The molecule has 0 saturated heterocycles. The normalized spacial score (nSPS) is 10.9. The first kappa shape index (κ1) is 13.2. The fourth-order valence-corrected chi connectivity index (χ4v) is 2.51. The molecular formula is C16H11Cl2NO. The van der Waals surface area contributed by atoms with Gasteiger partial charge in [-0.25, -0.2) is 0 Å². The van der Waals surface area contributed by atoms with Crippen LogP contribution in [0, 0.1) is 0 Å². The lowest BCUT2D eigenvalue weighted by Crippen LogP contribution is -2.19. The smallest absolute Gasteiger partial charge is 0.258 e. The molecule has 0 fully saturated rings. The van der Waals surface area contributed by atoms with Crippen LogP contribution in [0.25, 0.3) is 10.8 Å². The molecule has 2 nitrogen and oxygen atoms in total. The number of halogens is 2. The van der Waals surface area contributed by atoms with Crippen molar-refractivity contribution in [3.63, 3.8) is 0 Å². The molecule has 100 valence electrons. The zero-order valence-electron chi connectivity index (χ0n) is 10.5. The van der Waals surface area contributed by atoms with E-state index in [2.05, 4.69) is 0 Å². The predicted octanol–water partition coefficient (Wildman–Crippen LogP) is 4.36. The number of benzene rings is 2. The van der Waals surface area contributed by atoms with Crippen molar-refractivity contribution in [3.05, 3.63) is 80.7 Å². The minimum absolute atomic E-state index is 0.00540. The Morgan fingerprint density at radius 3 is 2.55 bits per heavy atom. The standard InChI is InChI=1S/C16H11Cl2NO/c17-14-6-5-11(9-15(14)18)10-19-8-7-12-3-1-2-4-13(12)16(19)20/h1-9H,10H2. The van der Waals surface area contributed by atoms with Crippen LogP contribution in [0.4, 0.5) is 0 Å². The summed E-state index contributed by atoms with van der Waals surface area (Å²) in [6.07, 6.45) is 1.80. The second-order valence-electron chi connectivity index (χ2n) is 4.58. The maximum absolute atomic E-state index is 12.4. The van der Waals surface area contributed by atoms with Crippen LogP contribution in [0.2, 0.25) is 10.0 Å². The molecule has 0 amide bonds. The van der Waals surface area contributed by atoms with E-state index in [4.69, 9.17) is 23.2 Å². The van der Waals surface area contributed by atoms with Gasteiger partial charge in [0.15, 0.2) is 0 Å². The van der Waals surface area contributed by atoms with Crippen molar-refractivity contribution in [1.29, 1.82) is 0 Å². The van der Waals surface area contributed by atoms with E-state index in [1.165, 1.54) is 0 Å². The Hall–Kier alpha value is -1.77. The van der Waals surface area contributed by atoms with Crippen LogP contribution in [0.1, 0.15) is 5.56 Å². The van der Waals surface area contributed by atoms with Gasteiger partial charge in [0.2, 0.25) is 0 Å². The Morgan fingerprint density at radius 1 is 0.950 bits per heavy atom. The summed E-state index contributed by atoms with van der Waals surface area (Å²) >= 11 is 11.9. The van der Waals surface area contributed by atoms with Gasteiger partial charge < -0.3 is 4.57 Å². The maximum Gasteiger partial charge on any atom is 0.258 e. The van der Waals surface area contributed by atoms with Crippen molar-refractivity contribution < 1.29 is 0 Å². The highest BCUT2D eigenvalue weighted by atomic mass is 35.5. The van der Waals surface area contributed by atoms with Gasteiger partial charge in [0, 0.05) is 11.6 Å². The highest BCUT2D eigenvalue weighted by molar-refractivity contribution is 6.42. The number of fused-ring (bicyclic) bond motifs is 1. The van der Waals surface area contributed by atoms with E-state index in [0.29, 0.717) is 16.6 Å². The summed E-state index contributed by atoms with van der Waals surface area (Å²) in [4.78, 5) is 12.4. The number of rotatable bonds is 2. The number of hydrogen-bond donors (Lipinski definition) is 0. The lowest BCUT2D eigenvalue weighted by atomic mass is 10.1. The lowest BCUT2D eigenvalue weighted by molar-refractivity contribution is 0.768. The quantitative estimate of drug-likeness (QED) is 0.689. The highest BCUT2D eigenvalue weighted by Crippen LogP contribution is 2.22. The number of pyridine rings is 1. The van der Waals surface area contributed by atoms with Crippen LogP contribution in [0.3, 0.4) is 0 Å². The first-order valence-electron chi connectivity index (χ1n) is 6.17. The van der Waals surface area contributed by atoms with Crippen molar-refractivity contribution in [3.8, 4) is 0 Å².